The summed E-state index contributed by atoms with van der Waals surface area (Å²) >= 11 is 1.94. The molecule has 1 aromatic carbocycles. The van der Waals surface area contributed by atoms with Gasteiger partial charge in [-0.3, -0.25) is 0 Å². The normalized spacial score (nSPS) is 28.7. The molecule has 0 aliphatic carbocycles. The van der Waals surface area contributed by atoms with E-state index < -0.39 is 0 Å². The van der Waals surface area contributed by atoms with Crippen LogP contribution in [0.5, 0.6) is 0 Å². The van der Waals surface area contributed by atoms with Crippen molar-refractivity contribution in [3.05, 3.63) is 35.4 Å². The van der Waals surface area contributed by atoms with E-state index in [1.807, 2.05) is 11.8 Å². The number of aliphatic hydroxyl groups excluding tert-OH is 1. The molecule has 1 N–H and O–H groups in total. The molecule has 2 aliphatic rings. The number of ether oxygens (including phenoxy) is 1. The van der Waals surface area contributed by atoms with Crippen LogP contribution in [0.25, 0.3) is 0 Å². The third kappa shape index (κ3) is 3.15. The van der Waals surface area contributed by atoms with Gasteiger partial charge < -0.3 is 9.84 Å². The highest BCUT2D eigenvalue weighted by Gasteiger charge is 2.28. The third-order valence-corrected chi connectivity index (χ3v) is 5.69. The van der Waals surface area contributed by atoms with Crippen molar-refractivity contribution in [3.63, 3.8) is 0 Å². The minimum absolute atomic E-state index is 0.0856. The van der Waals surface area contributed by atoms with E-state index in [9.17, 15) is 5.11 Å². The molecule has 1 saturated heterocycles. The van der Waals surface area contributed by atoms with Crippen LogP contribution in [0.1, 0.15) is 42.9 Å². The minimum atomic E-state index is -0.235. The molecule has 1 aromatic rings. The van der Waals surface area contributed by atoms with E-state index >= 15 is 0 Å². The lowest BCUT2D eigenvalue weighted by molar-refractivity contribution is 0.00330. The van der Waals surface area contributed by atoms with Crippen LogP contribution in [0, 0.1) is 0 Å². The van der Waals surface area contributed by atoms with Crippen LogP contribution in [0.15, 0.2) is 24.3 Å². The van der Waals surface area contributed by atoms with Gasteiger partial charge in [0.15, 0.2) is 0 Å². The van der Waals surface area contributed by atoms with E-state index in [1.165, 1.54) is 29.7 Å². The molecule has 1 fully saturated rings. The first-order valence-corrected chi connectivity index (χ1v) is 8.38. The van der Waals surface area contributed by atoms with E-state index in [1.54, 1.807) is 0 Å². The van der Waals surface area contributed by atoms with Crippen LogP contribution >= 0.6 is 11.8 Å². The highest BCUT2D eigenvalue weighted by atomic mass is 32.2. The van der Waals surface area contributed by atoms with Gasteiger partial charge in [0.1, 0.15) is 0 Å². The molecule has 2 nitrogen and oxygen atoms in total. The van der Waals surface area contributed by atoms with Gasteiger partial charge in [-0.2, -0.15) is 11.8 Å². The van der Waals surface area contributed by atoms with Crippen molar-refractivity contribution in [3.8, 4) is 0 Å². The smallest absolute Gasteiger partial charge is 0.0852 e. The predicted molar refractivity (Wildman–Crippen MR) is 79.6 cm³/mol. The van der Waals surface area contributed by atoms with Gasteiger partial charge in [-0.05, 0) is 36.1 Å². The standard InChI is InChI=1S/C16H22O2S/c17-14(16-7-3-4-10-19-16)11-15-13-6-2-1-5-12(13)8-9-18-15/h1-2,5-6,14-17H,3-4,7-11H2. The van der Waals surface area contributed by atoms with E-state index in [2.05, 4.69) is 24.3 Å². The Morgan fingerprint density at radius 2 is 2.21 bits per heavy atom. The fraction of sp³-hybridized carbons (Fsp3) is 0.625. The zero-order valence-electron chi connectivity index (χ0n) is 11.3. The maximum absolute atomic E-state index is 10.5. The van der Waals surface area contributed by atoms with Gasteiger partial charge in [0, 0.05) is 11.7 Å². The second-order valence-corrected chi connectivity index (χ2v) is 6.86. The summed E-state index contributed by atoms with van der Waals surface area (Å²) in [7, 11) is 0. The van der Waals surface area contributed by atoms with Crippen LogP contribution in [0.4, 0.5) is 0 Å². The first-order chi connectivity index (χ1) is 9.34. The molecule has 0 radical (unpaired) electrons. The third-order valence-electron chi connectivity index (χ3n) is 4.19. The summed E-state index contributed by atoms with van der Waals surface area (Å²) in [5, 5.41) is 10.9. The zero-order valence-corrected chi connectivity index (χ0v) is 12.1. The Labute approximate surface area is 119 Å². The number of hydrogen-bond donors (Lipinski definition) is 1. The van der Waals surface area contributed by atoms with Crippen molar-refractivity contribution in [1.29, 1.82) is 0 Å². The highest BCUT2D eigenvalue weighted by molar-refractivity contribution is 8.00. The first kappa shape index (κ1) is 13.5. The second kappa shape index (κ2) is 6.29. The zero-order chi connectivity index (χ0) is 13.1. The molecule has 3 unspecified atom stereocenters. The van der Waals surface area contributed by atoms with E-state index in [0.29, 0.717) is 5.25 Å². The molecule has 0 bridgehead atoms. The summed E-state index contributed by atoms with van der Waals surface area (Å²) < 4.78 is 5.90. The molecular weight excluding hydrogens is 256 g/mol. The Morgan fingerprint density at radius 3 is 3.05 bits per heavy atom. The molecule has 2 aliphatic heterocycles. The van der Waals surface area contributed by atoms with Crippen molar-refractivity contribution in [2.45, 2.75) is 49.6 Å². The largest absolute Gasteiger partial charge is 0.392 e. The molecule has 2 heterocycles. The van der Waals surface area contributed by atoms with Crippen LogP contribution < -0.4 is 0 Å². The molecule has 0 aromatic heterocycles. The molecule has 0 amide bonds. The average Bonchev–Trinajstić information content (AvgIpc) is 2.48. The maximum atomic E-state index is 10.5. The highest BCUT2D eigenvalue weighted by Crippen LogP contribution is 2.35. The lowest BCUT2D eigenvalue weighted by atomic mass is 9.93. The summed E-state index contributed by atoms with van der Waals surface area (Å²) in [6.07, 6.45) is 5.31. The predicted octanol–water partition coefficient (Wildman–Crippen LogP) is 3.34. The van der Waals surface area contributed by atoms with Crippen LogP contribution in [0.3, 0.4) is 0 Å². The fourth-order valence-electron chi connectivity index (χ4n) is 3.11. The van der Waals surface area contributed by atoms with Gasteiger partial charge in [-0.15, -0.1) is 0 Å². The summed E-state index contributed by atoms with van der Waals surface area (Å²) in [6.45, 7) is 0.784. The second-order valence-electron chi connectivity index (χ2n) is 5.52. The van der Waals surface area contributed by atoms with Crippen molar-refractivity contribution in [2.75, 3.05) is 12.4 Å². The SMILES string of the molecule is OC(CC1OCCc2ccccc21)C1CCCCS1. The van der Waals surface area contributed by atoms with Gasteiger partial charge in [-0.25, -0.2) is 0 Å². The molecule has 19 heavy (non-hydrogen) atoms. The van der Waals surface area contributed by atoms with Crippen LogP contribution in [-0.2, 0) is 11.2 Å². The summed E-state index contributed by atoms with van der Waals surface area (Å²) in [4.78, 5) is 0. The van der Waals surface area contributed by atoms with Crippen molar-refractivity contribution in [1.82, 2.24) is 0 Å². The van der Waals surface area contributed by atoms with E-state index in [4.69, 9.17) is 4.74 Å². The van der Waals surface area contributed by atoms with Gasteiger partial charge in [-0.1, -0.05) is 30.7 Å². The fourth-order valence-corrected chi connectivity index (χ4v) is 4.45. The molecule has 3 atom stereocenters. The number of fused-ring (bicyclic) bond motifs is 1. The minimum Gasteiger partial charge on any atom is -0.392 e. The average molecular weight is 278 g/mol. The lowest BCUT2D eigenvalue weighted by Crippen LogP contribution is -2.29. The lowest BCUT2D eigenvalue weighted by Gasteiger charge is -2.31. The Bertz CT molecular complexity index is 415. The number of thioether (sulfide) groups is 1. The summed E-state index contributed by atoms with van der Waals surface area (Å²) in [5.41, 5.74) is 2.68. The van der Waals surface area contributed by atoms with E-state index in [0.717, 1.165) is 25.9 Å². The van der Waals surface area contributed by atoms with Crippen LogP contribution in [0.2, 0.25) is 0 Å². The molecule has 0 spiro atoms. The summed E-state index contributed by atoms with van der Waals surface area (Å²) in [5.74, 6) is 1.20. The maximum Gasteiger partial charge on any atom is 0.0852 e. The van der Waals surface area contributed by atoms with Crippen molar-refractivity contribution >= 4 is 11.8 Å². The number of benzene rings is 1. The first-order valence-electron chi connectivity index (χ1n) is 7.33. The van der Waals surface area contributed by atoms with E-state index in [-0.39, 0.29) is 12.2 Å². The van der Waals surface area contributed by atoms with Crippen molar-refractivity contribution < 1.29 is 9.84 Å². The van der Waals surface area contributed by atoms with Gasteiger partial charge >= 0.3 is 0 Å². The Hall–Kier alpha value is -0.510. The molecule has 0 saturated carbocycles. The summed E-state index contributed by atoms with van der Waals surface area (Å²) in [6, 6.07) is 8.50. The van der Waals surface area contributed by atoms with Crippen LogP contribution in [-0.4, -0.2) is 28.8 Å². The Kier molecular flexibility index (Phi) is 4.46. The molecule has 104 valence electrons. The molecule has 3 rings (SSSR count). The van der Waals surface area contributed by atoms with Gasteiger partial charge in [0.25, 0.3) is 0 Å². The quantitative estimate of drug-likeness (QED) is 0.919. The molecule has 3 heteroatoms. The number of rotatable bonds is 3. The number of hydrogen-bond acceptors (Lipinski definition) is 3. The topological polar surface area (TPSA) is 29.5 Å². The number of aliphatic hydroxyl groups is 1. The Morgan fingerprint density at radius 1 is 1.32 bits per heavy atom. The molecular formula is C16H22O2S. The van der Waals surface area contributed by atoms with Gasteiger partial charge in [0.05, 0.1) is 18.8 Å². The monoisotopic (exact) mass is 278 g/mol. The Balaban J connectivity index is 1.66. The van der Waals surface area contributed by atoms with Crippen molar-refractivity contribution in [2.24, 2.45) is 0 Å². The van der Waals surface area contributed by atoms with Gasteiger partial charge in [0.2, 0.25) is 0 Å².